The van der Waals surface area contributed by atoms with Gasteiger partial charge in [0.1, 0.15) is 5.58 Å². The van der Waals surface area contributed by atoms with Crippen LogP contribution in [-0.4, -0.2) is 19.5 Å². The van der Waals surface area contributed by atoms with Crippen molar-refractivity contribution in [2.75, 3.05) is 0 Å². The molecule has 0 N–H and O–H groups in total. The van der Waals surface area contributed by atoms with Crippen LogP contribution in [0.3, 0.4) is 0 Å². The fraction of sp³-hybridized carbons (Fsp3) is 0. The van der Waals surface area contributed by atoms with Crippen LogP contribution in [0.15, 0.2) is 174 Å². The fourth-order valence-corrected chi connectivity index (χ4v) is 5.95. The van der Waals surface area contributed by atoms with E-state index in [4.69, 9.17) is 33.1 Å². The van der Waals surface area contributed by atoms with Gasteiger partial charge in [-0.05, 0) is 41.3 Å². The SMILES string of the molecule is [2H]c1c([2H])c([2H])c(-c2c([2H])c([2H])c3c(c2[2H])c2c([2H])c([2H])c([2H])c([2H])c2n3-c2c([2H])c([2H])c([2H])c3c2oc2c([2H])c([2H])c([2H])c(-c4nc(-c5ccccc5)nc(-c5ccccc5)n4)c23)c([2H])c1[2H]. The monoisotopic (exact) mass is 658 g/mol. The van der Waals surface area contributed by atoms with Crippen molar-refractivity contribution in [2.24, 2.45) is 0 Å². The van der Waals surface area contributed by atoms with E-state index in [1.54, 1.807) is 60.7 Å². The highest BCUT2D eigenvalue weighted by Gasteiger charge is 2.21. The van der Waals surface area contributed by atoms with Crippen LogP contribution in [0.4, 0.5) is 0 Å². The first-order chi connectivity index (χ1) is 32.3. The van der Waals surface area contributed by atoms with E-state index in [2.05, 4.69) is 0 Å². The second-order valence-corrected chi connectivity index (χ2v) is 11.1. The van der Waals surface area contributed by atoms with E-state index < -0.39 is 159 Å². The lowest BCUT2D eigenvalue weighted by atomic mass is 10.0. The van der Waals surface area contributed by atoms with Crippen molar-refractivity contribution in [2.45, 2.75) is 0 Å². The van der Waals surface area contributed by atoms with Crippen LogP contribution < -0.4 is 0 Å². The number of fused-ring (bicyclic) bond motifs is 6. The zero-order valence-electron chi connectivity index (χ0n) is 43.5. The summed E-state index contributed by atoms with van der Waals surface area (Å²) < 4.78 is 169. The highest BCUT2D eigenvalue weighted by atomic mass is 16.3. The van der Waals surface area contributed by atoms with Crippen molar-refractivity contribution in [3.05, 3.63) is 169 Å². The molecule has 0 aliphatic heterocycles. The van der Waals surface area contributed by atoms with Crippen LogP contribution >= 0.6 is 0 Å². The Balaban J connectivity index is 1.41. The maximum absolute atomic E-state index is 9.56. The van der Waals surface area contributed by atoms with E-state index in [0.29, 0.717) is 11.1 Å². The zero-order chi connectivity index (χ0) is 48.7. The minimum atomic E-state index is -0.859. The number of rotatable bonds is 5. The average Bonchev–Trinajstić information content (AvgIpc) is 3.91. The number of para-hydroxylation sites is 2. The van der Waals surface area contributed by atoms with Gasteiger partial charge in [-0.15, -0.1) is 0 Å². The third-order valence-corrected chi connectivity index (χ3v) is 8.16. The normalized spacial score (nSPS) is 16.6. The smallest absolute Gasteiger partial charge is 0.164 e. The minimum absolute atomic E-state index is 0.153. The fourth-order valence-electron chi connectivity index (χ4n) is 5.95. The molecule has 5 heteroatoms. The zero-order valence-corrected chi connectivity index (χ0v) is 25.5. The molecule has 7 aromatic carbocycles. The summed E-state index contributed by atoms with van der Waals surface area (Å²) in [6.07, 6.45) is 0. The first-order valence-corrected chi connectivity index (χ1v) is 15.2. The molecule has 50 heavy (non-hydrogen) atoms. The Kier molecular flexibility index (Phi) is 3.55. The molecule has 0 spiro atoms. The molecule has 0 aliphatic carbocycles. The predicted molar refractivity (Wildman–Crippen MR) is 203 cm³/mol. The molecule has 0 aliphatic rings. The standard InChI is InChI=1S/C45H28N4O/c1-4-14-29(15-5-1)32-26-27-38-36(28-32)33-20-10-11-23-37(33)49(38)39-24-12-21-34-41-35(22-13-25-40(41)50-42(34)39)45-47-43(30-16-6-2-7-17-30)46-44(48-45)31-18-8-3-9-19-31/h1-28H/i1D,4D,5D,10D,11D,12D,13D,14D,15D,20D,21D,22D,23D,24D,25D,26D,27D,28D. The Morgan fingerprint density at radius 1 is 0.480 bits per heavy atom. The molecular formula is C45H28N4O. The number of furan rings is 1. The molecule has 10 aromatic rings. The highest BCUT2D eigenvalue weighted by Crippen LogP contribution is 2.41. The van der Waals surface area contributed by atoms with E-state index in [-0.39, 0.29) is 33.8 Å². The van der Waals surface area contributed by atoms with Gasteiger partial charge in [0.05, 0.1) is 41.4 Å². The van der Waals surface area contributed by atoms with Gasteiger partial charge in [0.2, 0.25) is 0 Å². The first kappa shape index (κ1) is 15.6. The third-order valence-electron chi connectivity index (χ3n) is 8.16. The first-order valence-electron chi connectivity index (χ1n) is 24.2. The van der Waals surface area contributed by atoms with Gasteiger partial charge >= 0.3 is 0 Å². The van der Waals surface area contributed by atoms with Crippen molar-refractivity contribution in [1.29, 1.82) is 0 Å². The van der Waals surface area contributed by atoms with Crippen LogP contribution in [-0.2, 0) is 0 Å². The molecule has 0 saturated carbocycles. The molecule has 3 aromatic heterocycles. The molecular weight excluding hydrogens is 613 g/mol. The molecule has 234 valence electrons. The molecule has 0 bridgehead atoms. The van der Waals surface area contributed by atoms with Crippen LogP contribution in [0, 0.1) is 0 Å². The third kappa shape index (κ3) is 4.52. The summed E-state index contributed by atoms with van der Waals surface area (Å²) in [4.78, 5) is 14.2. The molecule has 5 nitrogen and oxygen atoms in total. The lowest BCUT2D eigenvalue weighted by Crippen LogP contribution is -2.00. The maximum Gasteiger partial charge on any atom is 0.164 e. The number of aromatic nitrogens is 4. The summed E-state index contributed by atoms with van der Waals surface area (Å²) >= 11 is 0. The number of hydrogen-bond donors (Lipinski definition) is 0. The van der Waals surface area contributed by atoms with Gasteiger partial charge in [-0.1, -0.05) is 139 Å². The molecule has 3 heterocycles. The van der Waals surface area contributed by atoms with E-state index in [1.165, 1.54) is 0 Å². The molecule has 0 unspecified atom stereocenters. The van der Waals surface area contributed by atoms with Crippen molar-refractivity contribution in [1.82, 2.24) is 19.5 Å². The van der Waals surface area contributed by atoms with E-state index in [1.807, 2.05) is 0 Å². The van der Waals surface area contributed by atoms with Gasteiger partial charge in [-0.3, -0.25) is 0 Å². The summed E-state index contributed by atoms with van der Waals surface area (Å²) in [6.45, 7) is 0. The lowest BCUT2D eigenvalue weighted by Gasteiger charge is -2.10. The molecule has 0 amide bonds. The summed E-state index contributed by atoms with van der Waals surface area (Å²) in [5.74, 6) is 0.115. The second kappa shape index (κ2) is 11.4. The Morgan fingerprint density at radius 3 is 1.88 bits per heavy atom. The van der Waals surface area contributed by atoms with Crippen LogP contribution in [0.1, 0.15) is 24.7 Å². The summed E-state index contributed by atoms with van der Waals surface area (Å²) in [6, 6.07) is 3.94. The Labute approximate surface area is 313 Å². The van der Waals surface area contributed by atoms with E-state index in [9.17, 15) is 11.0 Å². The average molecular weight is 659 g/mol. The number of hydrogen-bond acceptors (Lipinski definition) is 4. The lowest BCUT2D eigenvalue weighted by molar-refractivity contribution is 0.666. The second-order valence-electron chi connectivity index (χ2n) is 11.1. The molecule has 0 fully saturated rings. The molecule has 0 atom stereocenters. The van der Waals surface area contributed by atoms with E-state index >= 15 is 0 Å². The van der Waals surface area contributed by atoms with Gasteiger partial charge in [0.25, 0.3) is 0 Å². The minimum Gasteiger partial charge on any atom is -0.454 e. The highest BCUT2D eigenvalue weighted by molar-refractivity contribution is 6.16. The Hall–Kier alpha value is -6.85. The van der Waals surface area contributed by atoms with Crippen molar-refractivity contribution in [3.63, 3.8) is 0 Å². The van der Waals surface area contributed by atoms with Crippen molar-refractivity contribution in [3.8, 4) is 51.0 Å². The quantitative estimate of drug-likeness (QED) is 0.185. The summed E-state index contributed by atoms with van der Waals surface area (Å²) in [7, 11) is 0. The Bertz CT molecular complexity index is 3810. The Morgan fingerprint density at radius 2 is 1.12 bits per heavy atom. The van der Waals surface area contributed by atoms with Gasteiger partial charge in [-0.25, -0.2) is 15.0 Å². The topological polar surface area (TPSA) is 56.7 Å². The molecule has 0 radical (unpaired) electrons. The maximum atomic E-state index is 9.56. The summed E-state index contributed by atoms with van der Waals surface area (Å²) in [5, 5.41) is -1.39. The van der Waals surface area contributed by atoms with Crippen LogP contribution in [0.2, 0.25) is 0 Å². The molecule has 0 saturated heterocycles. The number of nitrogens with zero attached hydrogens (tertiary/aromatic N) is 4. The van der Waals surface area contributed by atoms with Crippen LogP contribution in [0.25, 0.3) is 94.7 Å². The molecule has 10 rings (SSSR count). The predicted octanol–water partition coefficient (Wildman–Crippen LogP) is 11.5. The summed E-state index contributed by atoms with van der Waals surface area (Å²) in [5.41, 5.74) is -2.79. The van der Waals surface area contributed by atoms with Gasteiger partial charge in [-0.2, -0.15) is 0 Å². The van der Waals surface area contributed by atoms with Crippen molar-refractivity contribution < 1.29 is 29.1 Å². The van der Waals surface area contributed by atoms with Gasteiger partial charge < -0.3 is 8.98 Å². The van der Waals surface area contributed by atoms with E-state index in [0.717, 1.165) is 4.57 Å². The largest absolute Gasteiger partial charge is 0.454 e. The van der Waals surface area contributed by atoms with Gasteiger partial charge in [0, 0.05) is 38.2 Å². The van der Waals surface area contributed by atoms with Crippen LogP contribution in [0.5, 0.6) is 0 Å². The van der Waals surface area contributed by atoms with Gasteiger partial charge in [0.15, 0.2) is 23.1 Å². The van der Waals surface area contributed by atoms with Crippen molar-refractivity contribution >= 4 is 43.7 Å². The number of benzene rings is 7.